The second-order valence-electron chi connectivity index (χ2n) is 6.53. The Morgan fingerprint density at radius 1 is 1.19 bits per heavy atom. The van der Waals surface area contributed by atoms with Gasteiger partial charge in [0.1, 0.15) is 19.0 Å². The molecule has 0 radical (unpaired) electrons. The average Bonchev–Trinajstić information content (AvgIpc) is 3.05. The molecule has 1 fully saturated rings. The lowest BCUT2D eigenvalue weighted by atomic mass is 10.1. The highest BCUT2D eigenvalue weighted by atomic mass is 32.2. The first-order chi connectivity index (χ1) is 12.5. The van der Waals surface area contributed by atoms with E-state index in [2.05, 4.69) is 16.9 Å². The van der Waals surface area contributed by atoms with Gasteiger partial charge < -0.3 is 4.74 Å². The quantitative estimate of drug-likeness (QED) is 0.516. The molecule has 1 aliphatic rings. The van der Waals surface area contributed by atoms with E-state index in [0.717, 1.165) is 24.1 Å². The second kappa shape index (κ2) is 9.54. The Balaban J connectivity index is 0.00000261. The van der Waals surface area contributed by atoms with Gasteiger partial charge in [0, 0.05) is 12.2 Å². The number of rotatable bonds is 7. The zero-order valence-electron chi connectivity index (χ0n) is 15.6. The van der Waals surface area contributed by atoms with Crippen LogP contribution in [0.15, 0.2) is 47.6 Å². The molecular weight excluding hydrogens is 384 g/mol. The molecule has 0 unspecified atom stereocenters. The fourth-order valence-electron chi connectivity index (χ4n) is 3.10. The van der Waals surface area contributed by atoms with Crippen molar-refractivity contribution in [3.8, 4) is 5.75 Å². The Morgan fingerprint density at radius 2 is 1.93 bits per heavy atom. The van der Waals surface area contributed by atoms with Gasteiger partial charge in [-0.05, 0) is 57.1 Å². The van der Waals surface area contributed by atoms with Crippen LogP contribution in [0.4, 0.5) is 0 Å². The van der Waals surface area contributed by atoms with Gasteiger partial charge in [-0.3, -0.25) is 14.1 Å². The van der Waals surface area contributed by atoms with Gasteiger partial charge in [0.2, 0.25) is 0 Å². The maximum Gasteiger partial charge on any atom is 0.297 e. The van der Waals surface area contributed by atoms with E-state index in [-0.39, 0.29) is 31.6 Å². The Hall–Kier alpha value is -1.61. The molecule has 0 bridgehead atoms. The zero-order valence-corrected chi connectivity index (χ0v) is 17.4. The molecule has 0 amide bonds. The van der Waals surface area contributed by atoms with Crippen LogP contribution in [0.3, 0.4) is 0 Å². The lowest BCUT2D eigenvalue weighted by Crippen LogP contribution is -2.17. The summed E-state index contributed by atoms with van der Waals surface area (Å²) in [5.41, 5.74) is 2.11. The molecule has 27 heavy (non-hydrogen) atoms. The zero-order chi connectivity index (χ0) is 18.6. The molecule has 1 atom stereocenters. The highest BCUT2D eigenvalue weighted by molar-refractivity contribution is 7.86. The average molecular weight is 411 g/mol. The lowest BCUT2D eigenvalue weighted by molar-refractivity contribution is 0.220. The summed E-state index contributed by atoms with van der Waals surface area (Å²) in [5, 5.41) is 0. The molecule has 1 saturated heterocycles. The number of hydrogen-bond donors (Lipinski definition) is 0. The van der Waals surface area contributed by atoms with Crippen molar-refractivity contribution >= 4 is 23.6 Å². The molecular formula is C19H26N2O4S2. The number of likely N-dealkylation sites (tertiary alicyclic amines) is 1. The number of benzene rings is 1. The molecule has 6 nitrogen and oxygen atoms in total. The SMILES string of the molecule is Cc1ccc(S(=O)(=O)OCCOc2cncc([C@@H]3CCCN3C)c2)cc1.S. The van der Waals surface area contributed by atoms with E-state index >= 15 is 0 Å². The number of ether oxygens (including phenoxy) is 1. The smallest absolute Gasteiger partial charge is 0.297 e. The molecule has 0 aliphatic carbocycles. The van der Waals surface area contributed by atoms with Gasteiger partial charge in [0.25, 0.3) is 10.1 Å². The first-order valence-corrected chi connectivity index (χ1v) is 10.1. The molecule has 2 heterocycles. The van der Waals surface area contributed by atoms with Crippen molar-refractivity contribution < 1.29 is 17.3 Å². The van der Waals surface area contributed by atoms with E-state index in [9.17, 15) is 8.42 Å². The van der Waals surface area contributed by atoms with Crippen molar-refractivity contribution in [2.75, 3.05) is 26.8 Å². The molecule has 0 saturated carbocycles. The predicted molar refractivity (Wildman–Crippen MR) is 109 cm³/mol. The summed E-state index contributed by atoms with van der Waals surface area (Å²) in [4.78, 5) is 6.69. The highest BCUT2D eigenvalue weighted by Gasteiger charge is 2.23. The van der Waals surface area contributed by atoms with Crippen LogP contribution in [0.2, 0.25) is 0 Å². The van der Waals surface area contributed by atoms with Gasteiger partial charge in [-0.2, -0.15) is 21.9 Å². The van der Waals surface area contributed by atoms with Gasteiger partial charge in [0.05, 0.1) is 11.1 Å². The molecule has 1 aliphatic heterocycles. The summed E-state index contributed by atoms with van der Waals surface area (Å²) in [7, 11) is -1.66. The summed E-state index contributed by atoms with van der Waals surface area (Å²) < 4.78 is 34.9. The fraction of sp³-hybridized carbons (Fsp3) is 0.421. The van der Waals surface area contributed by atoms with Crippen LogP contribution in [0.5, 0.6) is 5.75 Å². The summed E-state index contributed by atoms with van der Waals surface area (Å²) >= 11 is 0. The molecule has 0 spiro atoms. The molecule has 0 N–H and O–H groups in total. The maximum atomic E-state index is 12.1. The maximum absolute atomic E-state index is 12.1. The Labute approximate surface area is 168 Å². The Bertz CT molecular complexity index is 841. The third kappa shape index (κ3) is 5.68. The Kier molecular flexibility index (Phi) is 7.67. The van der Waals surface area contributed by atoms with Crippen LogP contribution in [-0.4, -0.2) is 45.1 Å². The monoisotopic (exact) mass is 410 g/mol. The van der Waals surface area contributed by atoms with Gasteiger partial charge in [-0.25, -0.2) is 0 Å². The summed E-state index contributed by atoms with van der Waals surface area (Å²) in [6.07, 6.45) is 5.78. The Morgan fingerprint density at radius 3 is 2.59 bits per heavy atom. The summed E-state index contributed by atoms with van der Waals surface area (Å²) in [5.74, 6) is 0.624. The standard InChI is InChI=1S/C19H24N2O4S.H2S/c1-15-5-7-18(8-6-15)26(22,23)25-11-10-24-17-12-16(13-20-14-17)19-4-3-9-21(19)2;/h5-8,12-14,19H,3-4,9-11H2,1-2H3;1H2/t19-;/m0./s1. The van der Waals surface area contributed by atoms with Crippen LogP contribution >= 0.6 is 13.5 Å². The van der Waals surface area contributed by atoms with Crippen molar-refractivity contribution in [3.63, 3.8) is 0 Å². The van der Waals surface area contributed by atoms with Crippen LogP contribution in [0.25, 0.3) is 0 Å². The van der Waals surface area contributed by atoms with Gasteiger partial charge >= 0.3 is 0 Å². The van der Waals surface area contributed by atoms with E-state index in [4.69, 9.17) is 8.92 Å². The fourth-order valence-corrected chi connectivity index (χ4v) is 4.00. The van der Waals surface area contributed by atoms with E-state index in [1.54, 1.807) is 18.3 Å². The van der Waals surface area contributed by atoms with Crippen LogP contribution in [0.1, 0.15) is 30.0 Å². The van der Waals surface area contributed by atoms with Crippen LogP contribution in [0, 0.1) is 6.92 Å². The summed E-state index contributed by atoms with van der Waals surface area (Å²) in [6, 6.07) is 8.89. The molecule has 1 aromatic carbocycles. The first-order valence-electron chi connectivity index (χ1n) is 8.70. The second-order valence-corrected chi connectivity index (χ2v) is 8.15. The number of aryl methyl sites for hydroxylation is 1. The van der Waals surface area contributed by atoms with Crippen molar-refractivity contribution in [1.82, 2.24) is 9.88 Å². The van der Waals surface area contributed by atoms with E-state index < -0.39 is 10.1 Å². The topological polar surface area (TPSA) is 68.7 Å². The minimum absolute atomic E-state index is 0. The van der Waals surface area contributed by atoms with E-state index in [1.165, 1.54) is 18.6 Å². The molecule has 8 heteroatoms. The molecule has 3 rings (SSSR count). The molecule has 148 valence electrons. The van der Waals surface area contributed by atoms with Crippen molar-refractivity contribution in [2.24, 2.45) is 0 Å². The molecule has 2 aromatic rings. The number of hydrogen-bond acceptors (Lipinski definition) is 6. The highest BCUT2D eigenvalue weighted by Crippen LogP contribution is 2.31. The van der Waals surface area contributed by atoms with Crippen molar-refractivity contribution in [3.05, 3.63) is 53.9 Å². The molecule has 1 aromatic heterocycles. The minimum Gasteiger partial charge on any atom is -0.490 e. The van der Waals surface area contributed by atoms with E-state index in [0.29, 0.717) is 11.8 Å². The first kappa shape index (κ1) is 21.7. The van der Waals surface area contributed by atoms with Crippen molar-refractivity contribution in [2.45, 2.75) is 30.7 Å². The van der Waals surface area contributed by atoms with Gasteiger partial charge in [0.15, 0.2) is 0 Å². The summed E-state index contributed by atoms with van der Waals surface area (Å²) in [6.45, 7) is 3.07. The van der Waals surface area contributed by atoms with Gasteiger partial charge in [-0.1, -0.05) is 17.7 Å². The largest absolute Gasteiger partial charge is 0.490 e. The van der Waals surface area contributed by atoms with Crippen molar-refractivity contribution in [1.29, 1.82) is 0 Å². The number of nitrogens with zero attached hydrogens (tertiary/aromatic N) is 2. The number of aromatic nitrogens is 1. The predicted octanol–water partition coefficient (Wildman–Crippen LogP) is 3.05. The van der Waals surface area contributed by atoms with Gasteiger partial charge in [-0.15, -0.1) is 0 Å². The minimum atomic E-state index is -3.76. The normalized spacial score (nSPS) is 17.5. The third-order valence-corrected chi connectivity index (χ3v) is 5.87. The number of pyridine rings is 1. The van der Waals surface area contributed by atoms with Crippen LogP contribution in [-0.2, 0) is 14.3 Å². The van der Waals surface area contributed by atoms with Crippen LogP contribution < -0.4 is 4.74 Å². The third-order valence-electron chi connectivity index (χ3n) is 4.54. The van der Waals surface area contributed by atoms with E-state index in [1.807, 2.05) is 19.2 Å². The lowest BCUT2D eigenvalue weighted by Gasteiger charge is -2.19.